The standard InChI is InChI=1S/C16H21ClN2/c17-15-3-1-2-12(9-18-13-5-6-13)16(15)19-10-11-4-7-14(19)8-11/h1-3,11,13-14,18H,4-10H2. The van der Waals surface area contributed by atoms with Gasteiger partial charge in [0.05, 0.1) is 10.7 Å². The van der Waals surface area contributed by atoms with Gasteiger partial charge in [0.15, 0.2) is 0 Å². The Morgan fingerprint density at radius 1 is 1.21 bits per heavy atom. The fourth-order valence-electron chi connectivity index (χ4n) is 3.76. The molecule has 0 spiro atoms. The molecule has 1 N–H and O–H groups in total. The Hall–Kier alpha value is -0.730. The summed E-state index contributed by atoms with van der Waals surface area (Å²) < 4.78 is 0. The third kappa shape index (κ3) is 2.25. The fourth-order valence-corrected chi connectivity index (χ4v) is 4.07. The summed E-state index contributed by atoms with van der Waals surface area (Å²) in [7, 11) is 0. The Morgan fingerprint density at radius 3 is 2.79 bits per heavy atom. The van der Waals surface area contributed by atoms with E-state index in [-0.39, 0.29) is 0 Å². The zero-order chi connectivity index (χ0) is 12.8. The summed E-state index contributed by atoms with van der Waals surface area (Å²) in [5, 5.41) is 4.56. The van der Waals surface area contributed by atoms with Crippen LogP contribution in [0.5, 0.6) is 0 Å². The normalized spacial score (nSPS) is 29.2. The quantitative estimate of drug-likeness (QED) is 0.904. The predicted octanol–water partition coefficient (Wildman–Crippen LogP) is 3.58. The number of rotatable bonds is 4. The highest BCUT2D eigenvalue weighted by Gasteiger charge is 2.39. The van der Waals surface area contributed by atoms with Gasteiger partial charge in [0.2, 0.25) is 0 Å². The largest absolute Gasteiger partial charge is 0.367 e. The lowest BCUT2D eigenvalue weighted by atomic mass is 10.1. The number of anilines is 1. The van der Waals surface area contributed by atoms with E-state index in [0.717, 1.165) is 29.6 Å². The summed E-state index contributed by atoms with van der Waals surface area (Å²) in [6.07, 6.45) is 6.82. The first-order valence-corrected chi connectivity index (χ1v) is 7.96. The zero-order valence-electron chi connectivity index (χ0n) is 11.2. The van der Waals surface area contributed by atoms with Gasteiger partial charge in [0.25, 0.3) is 0 Å². The average molecular weight is 277 g/mol. The Morgan fingerprint density at radius 2 is 2.11 bits per heavy atom. The molecule has 2 bridgehead atoms. The van der Waals surface area contributed by atoms with Gasteiger partial charge in [-0.2, -0.15) is 0 Å². The Labute approximate surface area is 120 Å². The monoisotopic (exact) mass is 276 g/mol. The smallest absolute Gasteiger partial charge is 0.0643 e. The highest BCUT2D eigenvalue weighted by molar-refractivity contribution is 6.33. The van der Waals surface area contributed by atoms with Crippen LogP contribution in [0.25, 0.3) is 0 Å². The predicted molar refractivity (Wildman–Crippen MR) is 79.8 cm³/mol. The molecule has 1 aromatic carbocycles. The minimum Gasteiger partial charge on any atom is -0.367 e. The van der Waals surface area contributed by atoms with Gasteiger partial charge < -0.3 is 10.2 Å². The van der Waals surface area contributed by atoms with Crippen molar-refractivity contribution in [2.75, 3.05) is 11.4 Å². The van der Waals surface area contributed by atoms with Crippen LogP contribution in [0.2, 0.25) is 5.02 Å². The number of para-hydroxylation sites is 1. The van der Waals surface area contributed by atoms with E-state index >= 15 is 0 Å². The first-order chi connectivity index (χ1) is 9.31. The van der Waals surface area contributed by atoms with Crippen LogP contribution in [0, 0.1) is 5.92 Å². The zero-order valence-corrected chi connectivity index (χ0v) is 12.0. The van der Waals surface area contributed by atoms with Crippen molar-refractivity contribution in [3.63, 3.8) is 0 Å². The number of nitrogens with one attached hydrogen (secondary N) is 1. The van der Waals surface area contributed by atoms with Crippen LogP contribution in [0.1, 0.15) is 37.7 Å². The number of benzene rings is 1. The van der Waals surface area contributed by atoms with Crippen molar-refractivity contribution in [3.05, 3.63) is 28.8 Å². The van der Waals surface area contributed by atoms with E-state index in [9.17, 15) is 0 Å². The molecule has 1 heterocycles. The Balaban J connectivity index is 1.61. The maximum Gasteiger partial charge on any atom is 0.0643 e. The number of piperidine rings is 1. The van der Waals surface area contributed by atoms with Gasteiger partial charge in [-0.25, -0.2) is 0 Å². The summed E-state index contributed by atoms with van der Waals surface area (Å²) >= 11 is 6.51. The SMILES string of the molecule is Clc1cccc(CNC2CC2)c1N1CC2CCC1C2. The summed E-state index contributed by atoms with van der Waals surface area (Å²) in [4.78, 5) is 2.58. The average Bonchev–Trinajstić information content (AvgIpc) is 3.01. The molecule has 0 amide bonds. The van der Waals surface area contributed by atoms with Crippen LogP contribution in [0.4, 0.5) is 5.69 Å². The highest BCUT2D eigenvalue weighted by Crippen LogP contribution is 2.43. The van der Waals surface area contributed by atoms with Crippen LogP contribution in [-0.2, 0) is 6.54 Å². The molecule has 3 aliphatic rings. The van der Waals surface area contributed by atoms with E-state index < -0.39 is 0 Å². The first kappa shape index (κ1) is 12.0. The van der Waals surface area contributed by atoms with Gasteiger partial charge >= 0.3 is 0 Å². The topological polar surface area (TPSA) is 15.3 Å². The molecule has 2 saturated carbocycles. The van der Waals surface area contributed by atoms with Gasteiger partial charge in [-0.05, 0) is 49.7 Å². The molecule has 1 saturated heterocycles. The lowest BCUT2D eigenvalue weighted by Crippen LogP contribution is -2.33. The van der Waals surface area contributed by atoms with E-state index in [2.05, 4.69) is 22.3 Å². The van der Waals surface area contributed by atoms with Crippen molar-refractivity contribution in [1.82, 2.24) is 5.32 Å². The van der Waals surface area contributed by atoms with Crippen LogP contribution < -0.4 is 10.2 Å². The minimum absolute atomic E-state index is 0.740. The second kappa shape index (κ2) is 4.68. The molecular weight excluding hydrogens is 256 g/mol. The molecule has 2 nitrogen and oxygen atoms in total. The third-order valence-corrected chi connectivity index (χ3v) is 5.23. The molecule has 4 rings (SSSR count). The molecule has 0 aromatic heterocycles. The maximum absolute atomic E-state index is 6.51. The minimum atomic E-state index is 0.740. The Kier molecular flexibility index (Phi) is 2.96. The summed E-state index contributed by atoms with van der Waals surface area (Å²) in [5.41, 5.74) is 2.69. The summed E-state index contributed by atoms with van der Waals surface area (Å²) in [6, 6.07) is 7.86. The van der Waals surface area contributed by atoms with Crippen molar-refractivity contribution >= 4 is 17.3 Å². The summed E-state index contributed by atoms with van der Waals surface area (Å²) in [5.74, 6) is 0.908. The molecule has 2 unspecified atom stereocenters. The van der Waals surface area contributed by atoms with Crippen molar-refractivity contribution in [1.29, 1.82) is 0 Å². The molecule has 0 radical (unpaired) electrons. The molecule has 3 fully saturated rings. The number of halogens is 1. The number of nitrogens with zero attached hydrogens (tertiary/aromatic N) is 1. The van der Waals surface area contributed by atoms with Crippen molar-refractivity contribution in [3.8, 4) is 0 Å². The lowest BCUT2D eigenvalue weighted by molar-refractivity contribution is 0.551. The van der Waals surface area contributed by atoms with Crippen molar-refractivity contribution < 1.29 is 0 Å². The van der Waals surface area contributed by atoms with Crippen LogP contribution in [-0.4, -0.2) is 18.6 Å². The molecule has 19 heavy (non-hydrogen) atoms. The molecule has 2 atom stereocenters. The van der Waals surface area contributed by atoms with E-state index in [0.29, 0.717) is 0 Å². The van der Waals surface area contributed by atoms with Gasteiger partial charge in [-0.1, -0.05) is 23.7 Å². The molecule has 102 valence electrons. The third-order valence-electron chi connectivity index (χ3n) is 4.93. The van der Waals surface area contributed by atoms with E-state index in [1.54, 1.807) is 0 Å². The van der Waals surface area contributed by atoms with E-state index in [1.165, 1.54) is 49.9 Å². The highest BCUT2D eigenvalue weighted by atomic mass is 35.5. The maximum atomic E-state index is 6.51. The molecule has 3 heteroatoms. The van der Waals surface area contributed by atoms with Crippen LogP contribution in [0.15, 0.2) is 18.2 Å². The van der Waals surface area contributed by atoms with Gasteiger partial charge in [-0.15, -0.1) is 0 Å². The summed E-state index contributed by atoms with van der Waals surface area (Å²) in [6.45, 7) is 2.18. The number of fused-ring (bicyclic) bond motifs is 2. The molecule has 1 aliphatic heterocycles. The van der Waals surface area contributed by atoms with Crippen LogP contribution in [0.3, 0.4) is 0 Å². The second-order valence-electron chi connectivity index (χ2n) is 6.39. The van der Waals surface area contributed by atoms with E-state index in [1.807, 2.05) is 6.07 Å². The number of hydrogen-bond acceptors (Lipinski definition) is 2. The van der Waals surface area contributed by atoms with Crippen molar-refractivity contribution in [2.24, 2.45) is 5.92 Å². The first-order valence-electron chi connectivity index (χ1n) is 7.58. The molecular formula is C16H21ClN2. The molecule has 1 aromatic rings. The fraction of sp³-hybridized carbons (Fsp3) is 0.625. The molecule has 2 aliphatic carbocycles. The van der Waals surface area contributed by atoms with Gasteiger partial charge in [-0.3, -0.25) is 0 Å². The second-order valence-corrected chi connectivity index (χ2v) is 6.80. The lowest BCUT2D eigenvalue weighted by Gasteiger charge is -2.32. The van der Waals surface area contributed by atoms with Crippen LogP contribution >= 0.6 is 11.6 Å². The van der Waals surface area contributed by atoms with Gasteiger partial charge in [0.1, 0.15) is 0 Å². The number of hydrogen-bond donors (Lipinski definition) is 1. The van der Waals surface area contributed by atoms with Crippen molar-refractivity contribution in [2.45, 2.75) is 50.7 Å². The van der Waals surface area contributed by atoms with E-state index in [4.69, 9.17) is 11.6 Å². The van der Waals surface area contributed by atoms with Gasteiger partial charge in [0, 0.05) is 25.2 Å². The Bertz CT molecular complexity index is 484.